The molecule has 1 aromatic carbocycles. The summed E-state index contributed by atoms with van der Waals surface area (Å²) in [5.74, 6) is 5.56. The van der Waals surface area contributed by atoms with E-state index in [-0.39, 0.29) is 11.9 Å². The lowest BCUT2D eigenvalue weighted by molar-refractivity contribution is -0.113. The summed E-state index contributed by atoms with van der Waals surface area (Å²) in [6.07, 6.45) is 0.905. The first-order valence-electron chi connectivity index (χ1n) is 6.22. The second kappa shape index (κ2) is 4.91. The van der Waals surface area contributed by atoms with Gasteiger partial charge in [0.2, 0.25) is 0 Å². The first-order valence-corrected chi connectivity index (χ1v) is 7.10. The monoisotopic (exact) mass is 267 g/mol. The van der Waals surface area contributed by atoms with E-state index in [1.807, 2.05) is 35.7 Å². The van der Waals surface area contributed by atoms with Crippen LogP contribution in [0.4, 0.5) is 5.69 Å². The van der Waals surface area contributed by atoms with Gasteiger partial charge >= 0.3 is 5.91 Å². The van der Waals surface area contributed by atoms with E-state index in [0.29, 0.717) is 0 Å². The Morgan fingerprint density at radius 3 is 2.95 bits per heavy atom. The molecule has 3 heteroatoms. The average molecular weight is 267 g/mol. The highest BCUT2D eigenvalue weighted by Crippen LogP contribution is 2.31. The Morgan fingerprint density at radius 1 is 1.32 bits per heavy atom. The third-order valence-electron chi connectivity index (χ3n) is 3.24. The molecule has 2 nitrogen and oxygen atoms in total. The first kappa shape index (κ1) is 12.0. The summed E-state index contributed by atoms with van der Waals surface area (Å²) in [6.45, 7) is 2.06. The highest BCUT2D eigenvalue weighted by Gasteiger charge is 2.29. The lowest BCUT2D eigenvalue weighted by atomic mass is 10.1. The predicted octanol–water partition coefficient (Wildman–Crippen LogP) is 3.08. The van der Waals surface area contributed by atoms with Gasteiger partial charge in [-0.05, 0) is 42.3 Å². The van der Waals surface area contributed by atoms with E-state index in [1.165, 1.54) is 5.56 Å². The van der Waals surface area contributed by atoms with E-state index in [2.05, 4.69) is 24.8 Å². The van der Waals surface area contributed by atoms with Crippen molar-refractivity contribution in [2.75, 3.05) is 4.90 Å². The van der Waals surface area contributed by atoms with Gasteiger partial charge in [-0.2, -0.15) is 0 Å². The number of hydrogen-bond acceptors (Lipinski definition) is 2. The molecule has 1 amide bonds. The van der Waals surface area contributed by atoms with E-state index < -0.39 is 0 Å². The van der Waals surface area contributed by atoms with Crippen molar-refractivity contribution in [3.63, 3.8) is 0 Å². The molecule has 94 valence electrons. The van der Waals surface area contributed by atoms with Gasteiger partial charge < -0.3 is 0 Å². The van der Waals surface area contributed by atoms with Gasteiger partial charge in [-0.1, -0.05) is 24.3 Å². The molecule has 0 saturated heterocycles. The fraction of sp³-hybridized carbons (Fsp3) is 0.188. The van der Waals surface area contributed by atoms with E-state index in [4.69, 9.17) is 0 Å². The molecule has 2 aromatic rings. The number of para-hydroxylation sites is 1. The van der Waals surface area contributed by atoms with Gasteiger partial charge in [-0.15, -0.1) is 11.3 Å². The van der Waals surface area contributed by atoms with Crippen LogP contribution in [0, 0.1) is 11.8 Å². The van der Waals surface area contributed by atoms with Gasteiger partial charge in [-0.3, -0.25) is 9.69 Å². The smallest absolute Gasteiger partial charge is 0.298 e. The summed E-state index contributed by atoms with van der Waals surface area (Å²) in [6, 6.07) is 12.1. The maximum Gasteiger partial charge on any atom is 0.303 e. The molecular weight excluding hydrogens is 254 g/mol. The van der Waals surface area contributed by atoms with Gasteiger partial charge in [0.05, 0.1) is 4.88 Å². The van der Waals surface area contributed by atoms with Crippen molar-refractivity contribution in [3.8, 4) is 11.8 Å². The molecule has 1 aliphatic rings. The van der Waals surface area contributed by atoms with Gasteiger partial charge in [0, 0.05) is 17.6 Å². The highest BCUT2D eigenvalue weighted by atomic mass is 32.1. The van der Waals surface area contributed by atoms with E-state index in [0.717, 1.165) is 17.0 Å². The molecule has 0 fully saturated rings. The topological polar surface area (TPSA) is 20.3 Å². The molecule has 1 aromatic heterocycles. The number of nitrogens with zero attached hydrogens (tertiary/aromatic N) is 1. The Kier molecular flexibility index (Phi) is 3.10. The van der Waals surface area contributed by atoms with Crippen molar-refractivity contribution in [1.82, 2.24) is 0 Å². The number of carbonyl (C=O) groups excluding carboxylic acids is 1. The van der Waals surface area contributed by atoms with E-state index >= 15 is 0 Å². The maximum absolute atomic E-state index is 12.3. The lowest BCUT2D eigenvalue weighted by Gasteiger charge is -2.19. The molecule has 0 spiro atoms. The Balaban J connectivity index is 1.88. The molecule has 1 unspecified atom stereocenters. The fourth-order valence-corrected chi connectivity index (χ4v) is 2.97. The minimum Gasteiger partial charge on any atom is -0.298 e. The summed E-state index contributed by atoms with van der Waals surface area (Å²) in [4.78, 5) is 15.0. The minimum absolute atomic E-state index is 0.120. The van der Waals surface area contributed by atoms with Crippen LogP contribution in [0.2, 0.25) is 0 Å². The number of carbonyl (C=O) groups is 1. The van der Waals surface area contributed by atoms with Crippen molar-refractivity contribution in [2.24, 2.45) is 0 Å². The normalized spacial score (nSPS) is 16.7. The van der Waals surface area contributed by atoms with Crippen LogP contribution in [-0.2, 0) is 11.2 Å². The lowest BCUT2D eigenvalue weighted by Crippen LogP contribution is -2.34. The van der Waals surface area contributed by atoms with Gasteiger partial charge in [0.25, 0.3) is 0 Å². The molecule has 1 atom stereocenters. The van der Waals surface area contributed by atoms with Crippen LogP contribution < -0.4 is 4.90 Å². The number of amides is 1. The van der Waals surface area contributed by atoms with Crippen molar-refractivity contribution in [1.29, 1.82) is 0 Å². The van der Waals surface area contributed by atoms with Crippen LogP contribution in [0.5, 0.6) is 0 Å². The molecule has 19 heavy (non-hydrogen) atoms. The Morgan fingerprint density at radius 2 is 2.16 bits per heavy atom. The standard InChI is InChI=1S/C16H13NOS/c1-12-11-13-5-2-3-7-15(13)17(12)16(18)9-8-14-6-4-10-19-14/h2-7,10,12H,11H2,1H3. The summed E-state index contributed by atoms with van der Waals surface area (Å²) in [7, 11) is 0. The molecule has 1 aliphatic heterocycles. The summed E-state index contributed by atoms with van der Waals surface area (Å²) < 4.78 is 0. The van der Waals surface area contributed by atoms with Crippen LogP contribution in [-0.4, -0.2) is 11.9 Å². The maximum atomic E-state index is 12.3. The molecule has 0 N–H and O–H groups in total. The first-order chi connectivity index (χ1) is 9.25. The second-order valence-electron chi connectivity index (χ2n) is 4.58. The van der Waals surface area contributed by atoms with Gasteiger partial charge in [0.15, 0.2) is 0 Å². The molecular formula is C16H13NOS. The zero-order chi connectivity index (χ0) is 13.2. The van der Waals surface area contributed by atoms with Crippen LogP contribution in [0.25, 0.3) is 0 Å². The molecule has 0 saturated carbocycles. The van der Waals surface area contributed by atoms with Crippen molar-refractivity contribution >= 4 is 22.9 Å². The van der Waals surface area contributed by atoms with E-state index in [9.17, 15) is 4.79 Å². The van der Waals surface area contributed by atoms with Crippen LogP contribution >= 0.6 is 11.3 Å². The summed E-state index contributed by atoms with van der Waals surface area (Å²) in [5.41, 5.74) is 2.22. The molecule has 2 heterocycles. The number of fused-ring (bicyclic) bond motifs is 1. The minimum atomic E-state index is -0.120. The number of anilines is 1. The predicted molar refractivity (Wildman–Crippen MR) is 78.3 cm³/mol. The number of thiophene rings is 1. The summed E-state index contributed by atoms with van der Waals surface area (Å²) >= 11 is 1.55. The van der Waals surface area contributed by atoms with Crippen molar-refractivity contribution in [2.45, 2.75) is 19.4 Å². The van der Waals surface area contributed by atoms with Crippen LogP contribution in [0.15, 0.2) is 41.8 Å². The Labute approximate surface area is 116 Å². The fourth-order valence-electron chi connectivity index (χ4n) is 2.40. The number of benzene rings is 1. The van der Waals surface area contributed by atoms with Crippen LogP contribution in [0.3, 0.4) is 0 Å². The summed E-state index contributed by atoms with van der Waals surface area (Å²) in [5, 5.41) is 1.96. The number of rotatable bonds is 0. The number of hydrogen-bond donors (Lipinski definition) is 0. The molecule has 3 rings (SSSR count). The molecule has 0 radical (unpaired) electrons. The third kappa shape index (κ3) is 2.27. The van der Waals surface area contributed by atoms with Crippen LogP contribution in [0.1, 0.15) is 17.4 Å². The largest absolute Gasteiger partial charge is 0.303 e. The Bertz CT molecular complexity index is 664. The van der Waals surface area contributed by atoms with Gasteiger partial charge in [0.1, 0.15) is 0 Å². The van der Waals surface area contributed by atoms with Crippen molar-refractivity contribution < 1.29 is 4.79 Å². The van der Waals surface area contributed by atoms with E-state index in [1.54, 1.807) is 16.2 Å². The van der Waals surface area contributed by atoms with Crippen molar-refractivity contribution in [3.05, 3.63) is 52.2 Å². The SMILES string of the molecule is CC1Cc2ccccc2N1C(=O)C#Cc1cccs1. The third-order valence-corrected chi connectivity index (χ3v) is 4.03. The molecule has 0 aliphatic carbocycles. The quantitative estimate of drug-likeness (QED) is 0.672. The average Bonchev–Trinajstić information content (AvgIpc) is 3.02. The zero-order valence-electron chi connectivity index (χ0n) is 10.6. The highest BCUT2D eigenvalue weighted by molar-refractivity contribution is 7.10. The Hall–Kier alpha value is -2.05. The zero-order valence-corrected chi connectivity index (χ0v) is 11.4. The van der Waals surface area contributed by atoms with Gasteiger partial charge in [-0.25, -0.2) is 0 Å². The molecule has 0 bridgehead atoms. The second-order valence-corrected chi connectivity index (χ2v) is 5.53.